The number of Topliss-reactive ketones (excluding diaryl/α,β-unsaturated/α-hetero) is 1. The summed E-state index contributed by atoms with van der Waals surface area (Å²) in [6.07, 6.45) is -0.468. The summed E-state index contributed by atoms with van der Waals surface area (Å²) in [7, 11) is 2.48. The standard InChI is InChI=1S/C12H16O6/c1-17-11(15)9-5-3-8(14)10(12(16)18-2)6(5)4-7(9)13/h5-7,9-10,13H,3-4H2,1-2H3/t5-,6-,7-,9?,10?/m1/s1. The summed E-state index contributed by atoms with van der Waals surface area (Å²) in [5, 5.41) is 9.89. The Morgan fingerprint density at radius 3 is 2.33 bits per heavy atom. The number of ketones is 1. The van der Waals surface area contributed by atoms with Gasteiger partial charge in [0, 0.05) is 6.42 Å². The number of rotatable bonds is 2. The van der Waals surface area contributed by atoms with E-state index < -0.39 is 29.9 Å². The van der Waals surface area contributed by atoms with Gasteiger partial charge in [-0.25, -0.2) is 0 Å². The summed E-state index contributed by atoms with van der Waals surface area (Å²) in [4.78, 5) is 35.0. The minimum atomic E-state index is -0.854. The third-order valence-corrected chi connectivity index (χ3v) is 4.08. The molecule has 2 aliphatic carbocycles. The number of esters is 2. The first kappa shape index (κ1) is 13.0. The lowest BCUT2D eigenvalue weighted by Crippen LogP contribution is -2.29. The van der Waals surface area contributed by atoms with E-state index in [1.807, 2.05) is 0 Å². The Hall–Kier alpha value is -1.43. The van der Waals surface area contributed by atoms with Crippen LogP contribution in [0.5, 0.6) is 0 Å². The second-order valence-electron chi connectivity index (χ2n) is 4.85. The summed E-state index contributed by atoms with van der Waals surface area (Å²) in [5.74, 6) is -3.49. The number of hydrogen-bond acceptors (Lipinski definition) is 6. The fourth-order valence-electron chi connectivity index (χ4n) is 3.31. The summed E-state index contributed by atoms with van der Waals surface area (Å²) in [6, 6.07) is 0. The van der Waals surface area contributed by atoms with Crippen LogP contribution in [0.15, 0.2) is 0 Å². The molecule has 2 saturated carbocycles. The number of hydrogen-bond donors (Lipinski definition) is 1. The quantitative estimate of drug-likeness (QED) is 0.531. The molecule has 2 fully saturated rings. The second-order valence-corrected chi connectivity index (χ2v) is 4.85. The first-order valence-electron chi connectivity index (χ1n) is 5.87. The van der Waals surface area contributed by atoms with Crippen LogP contribution in [0.25, 0.3) is 0 Å². The Kier molecular flexibility index (Phi) is 3.38. The number of carbonyl (C=O) groups excluding carboxylic acids is 3. The number of fused-ring (bicyclic) bond motifs is 1. The Morgan fingerprint density at radius 1 is 1.17 bits per heavy atom. The molecular weight excluding hydrogens is 240 g/mol. The van der Waals surface area contributed by atoms with Crippen LogP contribution in [0.1, 0.15) is 12.8 Å². The van der Waals surface area contributed by atoms with Crippen LogP contribution in [0.2, 0.25) is 0 Å². The molecule has 2 aliphatic rings. The molecule has 6 heteroatoms. The van der Waals surface area contributed by atoms with Gasteiger partial charge >= 0.3 is 11.9 Å². The molecule has 0 aromatic rings. The molecule has 1 N–H and O–H groups in total. The maximum Gasteiger partial charge on any atom is 0.316 e. The first-order valence-corrected chi connectivity index (χ1v) is 5.87. The molecule has 0 spiro atoms. The zero-order valence-corrected chi connectivity index (χ0v) is 10.3. The zero-order chi connectivity index (χ0) is 13.4. The summed E-state index contributed by atoms with van der Waals surface area (Å²) < 4.78 is 9.26. The van der Waals surface area contributed by atoms with Crippen LogP contribution in [0.3, 0.4) is 0 Å². The Morgan fingerprint density at radius 2 is 1.78 bits per heavy atom. The summed E-state index contributed by atoms with van der Waals surface area (Å²) in [5.41, 5.74) is 0. The SMILES string of the molecule is COC(=O)C1C(=O)C[C@H]2C(C(=O)OC)[C@H](O)C[C@@H]12. The first-order chi connectivity index (χ1) is 8.51. The van der Waals surface area contributed by atoms with E-state index in [2.05, 4.69) is 9.47 Å². The van der Waals surface area contributed by atoms with Gasteiger partial charge in [-0.15, -0.1) is 0 Å². The molecule has 18 heavy (non-hydrogen) atoms. The number of methoxy groups -OCH3 is 2. The van der Waals surface area contributed by atoms with Crippen molar-refractivity contribution in [3.63, 3.8) is 0 Å². The van der Waals surface area contributed by atoms with E-state index in [1.165, 1.54) is 14.2 Å². The zero-order valence-electron chi connectivity index (χ0n) is 10.3. The second kappa shape index (κ2) is 4.68. The van der Waals surface area contributed by atoms with E-state index in [0.717, 1.165) is 0 Å². The Balaban J connectivity index is 2.24. The largest absolute Gasteiger partial charge is 0.469 e. The number of carbonyl (C=O) groups is 3. The van der Waals surface area contributed by atoms with Gasteiger partial charge in [-0.3, -0.25) is 14.4 Å². The van der Waals surface area contributed by atoms with Gasteiger partial charge in [0.1, 0.15) is 11.7 Å². The van der Waals surface area contributed by atoms with Crippen LogP contribution in [0.4, 0.5) is 0 Å². The van der Waals surface area contributed by atoms with Gasteiger partial charge in [-0.05, 0) is 18.3 Å². The van der Waals surface area contributed by atoms with E-state index >= 15 is 0 Å². The van der Waals surface area contributed by atoms with E-state index in [-0.39, 0.29) is 30.5 Å². The van der Waals surface area contributed by atoms with E-state index in [4.69, 9.17) is 0 Å². The van der Waals surface area contributed by atoms with Crippen molar-refractivity contribution in [3.05, 3.63) is 0 Å². The Bertz CT molecular complexity index is 390. The van der Waals surface area contributed by atoms with Crippen LogP contribution in [-0.4, -0.2) is 43.2 Å². The van der Waals surface area contributed by atoms with Crippen molar-refractivity contribution < 1.29 is 29.0 Å². The normalized spacial score (nSPS) is 38.4. The van der Waals surface area contributed by atoms with Gasteiger partial charge in [0.05, 0.1) is 26.2 Å². The molecule has 2 unspecified atom stereocenters. The summed E-state index contributed by atoms with van der Waals surface area (Å²) in [6.45, 7) is 0. The van der Waals surface area contributed by atoms with Crippen molar-refractivity contribution in [1.82, 2.24) is 0 Å². The van der Waals surface area contributed by atoms with Gasteiger partial charge in [0.15, 0.2) is 0 Å². The molecule has 0 aliphatic heterocycles. The topological polar surface area (TPSA) is 89.9 Å². The molecule has 100 valence electrons. The van der Waals surface area contributed by atoms with Crippen LogP contribution in [0, 0.1) is 23.7 Å². The molecule has 0 amide bonds. The predicted molar refractivity (Wildman–Crippen MR) is 58.2 cm³/mol. The fourth-order valence-corrected chi connectivity index (χ4v) is 3.31. The van der Waals surface area contributed by atoms with Crippen LogP contribution >= 0.6 is 0 Å². The van der Waals surface area contributed by atoms with Gasteiger partial charge in [0.2, 0.25) is 0 Å². The highest BCUT2D eigenvalue weighted by molar-refractivity contribution is 6.01. The lowest BCUT2D eigenvalue weighted by molar-refractivity contribution is -0.151. The molecule has 0 radical (unpaired) electrons. The molecule has 5 atom stereocenters. The van der Waals surface area contributed by atoms with Crippen LogP contribution < -0.4 is 0 Å². The number of aliphatic hydroxyl groups excluding tert-OH is 1. The smallest absolute Gasteiger partial charge is 0.316 e. The van der Waals surface area contributed by atoms with E-state index in [1.54, 1.807) is 0 Å². The van der Waals surface area contributed by atoms with Gasteiger partial charge in [-0.1, -0.05) is 0 Å². The predicted octanol–water partition coefficient (Wildman–Crippen LogP) is -0.465. The van der Waals surface area contributed by atoms with Crippen molar-refractivity contribution >= 4 is 17.7 Å². The highest BCUT2D eigenvalue weighted by Gasteiger charge is 2.58. The van der Waals surface area contributed by atoms with Gasteiger partial charge in [-0.2, -0.15) is 0 Å². The highest BCUT2D eigenvalue weighted by Crippen LogP contribution is 2.49. The fraction of sp³-hybridized carbons (Fsp3) is 0.750. The Labute approximate surface area is 104 Å². The maximum atomic E-state index is 11.8. The van der Waals surface area contributed by atoms with Crippen molar-refractivity contribution in [3.8, 4) is 0 Å². The molecule has 0 heterocycles. The molecule has 0 saturated heterocycles. The minimum Gasteiger partial charge on any atom is -0.469 e. The third-order valence-electron chi connectivity index (χ3n) is 4.08. The molecule has 2 rings (SSSR count). The monoisotopic (exact) mass is 256 g/mol. The van der Waals surface area contributed by atoms with Crippen molar-refractivity contribution in [1.29, 1.82) is 0 Å². The van der Waals surface area contributed by atoms with Crippen molar-refractivity contribution in [2.24, 2.45) is 23.7 Å². The van der Waals surface area contributed by atoms with E-state index in [9.17, 15) is 19.5 Å². The lowest BCUT2D eigenvalue weighted by Gasteiger charge is -2.17. The van der Waals surface area contributed by atoms with Crippen molar-refractivity contribution in [2.45, 2.75) is 18.9 Å². The maximum absolute atomic E-state index is 11.8. The third kappa shape index (κ3) is 1.80. The molecule has 0 aromatic carbocycles. The number of ether oxygens (including phenoxy) is 2. The average molecular weight is 256 g/mol. The minimum absolute atomic E-state index is 0.126. The molecule has 6 nitrogen and oxygen atoms in total. The van der Waals surface area contributed by atoms with Gasteiger partial charge in [0.25, 0.3) is 0 Å². The molecule has 0 bridgehead atoms. The molecule has 0 aromatic heterocycles. The lowest BCUT2D eigenvalue weighted by atomic mass is 9.89. The van der Waals surface area contributed by atoms with Gasteiger partial charge < -0.3 is 14.6 Å². The average Bonchev–Trinajstić information content (AvgIpc) is 2.80. The van der Waals surface area contributed by atoms with Crippen molar-refractivity contribution in [2.75, 3.05) is 14.2 Å². The van der Waals surface area contributed by atoms with Crippen LogP contribution in [-0.2, 0) is 23.9 Å². The molecular formula is C12H16O6. The number of aliphatic hydroxyl groups is 1. The van der Waals surface area contributed by atoms with E-state index in [0.29, 0.717) is 0 Å². The highest BCUT2D eigenvalue weighted by atomic mass is 16.5. The summed E-state index contributed by atoms with van der Waals surface area (Å²) >= 11 is 0.